The van der Waals surface area contributed by atoms with Gasteiger partial charge in [-0.3, -0.25) is 4.98 Å². The van der Waals surface area contributed by atoms with E-state index in [1.54, 1.807) is 12.1 Å². The summed E-state index contributed by atoms with van der Waals surface area (Å²) in [5, 5.41) is 10.2. The summed E-state index contributed by atoms with van der Waals surface area (Å²) in [6.07, 6.45) is -0.520. The monoisotopic (exact) mass is 323 g/mol. The average Bonchev–Trinajstić information content (AvgIpc) is 2.33. The quantitative estimate of drug-likeness (QED) is 0.929. The maximum absolute atomic E-state index is 13.7. The van der Waals surface area contributed by atoms with E-state index in [1.165, 1.54) is 6.07 Å². The van der Waals surface area contributed by atoms with Crippen LogP contribution in [0.4, 0.5) is 4.39 Å². The molecule has 0 spiro atoms. The molecular formula is C15H15BrFNO. The standard InChI is InChI=1S/C15H15BrFNO/c1-9-3-5-13(10(2)18-9)15(19)8-11-7-12(16)4-6-14(11)17/h3-7,15,19H,8H2,1-2H3. The zero-order chi connectivity index (χ0) is 14.0. The van der Waals surface area contributed by atoms with Crippen molar-refractivity contribution in [1.82, 2.24) is 4.98 Å². The van der Waals surface area contributed by atoms with Crippen molar-refractivity contribution in [2.24, 2.45) is 0 Å². The Morgan fingerprint density at radius 1 is 1.26 bits per heavy atom. The van der Waals surface area contributed by atoms with Crippen LogP contribution in [0.25, 0.3) is 0 Å². The minimum atomic E-state index is -0.753. The van der Waals surface area contributed by atoms with Crippen LogP contribution in [0, 0.1) is 19.7 Å². The van der Waals surface area contributed by atoms with E-state index in [-0.39, 0.29) is 12.2 Å². The van der Waals surface area contributed by atoms with E-state index in [4.69, 9.17) is 0 Å². The van der Waals surface area contributed by atoms with Gasteiger partial charge in [-0.2, -0.15) is 0 Å². The van der Waals surface area contributed by atoms with Crippen molar-refractivity contribution in [1.29, 1.82) is 0 Å². The van der Waals surface area contributed by atoms with Crippen molar-refractivity contribution >= 4 is 15.9 Å². The summed E-state index contributed by atoms with van der Waals surface area (Å²) in [5.74, 6) is -0.306. The zero-order valence-electron chi connectivity index (χ0n) is 10.8. The highest BCUT2D eigenvalue weighted by Gasteiger charge is 2.14. The molecule has 100 valence electrons. The first-order valence-electron chi connectivity index (χ1n) is 6.03. The lowest BCUT2D eigenvalue weighted by Gasteiger charge is -2.14. The Balaban J connectivity index is 2.25. The topological polar surface area (TPSA) is 33.1 Å². The molecule has 1 aromatic heterocycles. The molecule has 1 atom stereocenters. The van der Waals surface area contributed by atoms with Crippen LogP contribution in [0.15, 0.2) is 34.8 Å². The van der Waals surface area contributed by atoms with E-state index in [0.717, 1.165) is 21.4 Å². The molecule has 2 rings (SSSR count). The van der Waals surface area contributed by atoms with Gasteiger partial charge in [0.1, 0.15) is 5.82 Å². The van der Waals surface area contributed by atoms with Crippen LogP contribution in [-0.2, 0) is 6.42 Å². The van der Waals surface area contributed by atoms with Gasteiger partial charge < -0.3 is 5.11 Å². The molecule has 1 N–H and O–H groups in total. The van der Waals surface area contributed by atoms with Gasteiger partial charge in [0, 0.05) is 27.8 Å². The molecule has 2 aromatic rings. The van der Waals surface area contributed by atoms with E-state index in [9.17, 15) is 9.50 Å². The van der Waals surface area contributed by atoms with Crippen molar-refractivity contribution in [2.45, 2.75) is 26.4 Å². The smallest absolute Gasteiger partial charge is 0.126 e. The first kappa shape index (κ1) is 14.2. The SMILES string of the molecule is Cc1ccc(C(O)Cc2cc(Br)ccc2F)c(C)n1. The number of hydrogen-bond acceptors (Lipinski definition) is 2. The van der Waals surface area contributed by atoms with E-state index >= 15 is 0 Å². The summed E-state index contributed by atoms with van der Waals surface area (Å²) < 4.78 is 14.5. The van der Waals surface area contributed by atoms with Gasteiger partial charge in [-0.15, -0.1) is 0 Å². The van der Waals surface area contributed by atoms with E-state index < -0.39 is 6.10 Å². The predicted octanol–water partition coefficient (Wildman–Crippen LogP) is 3.88. The highest BCUT2D eigenvalue weighted by Crippen LogP contribution is 2.24. The number of aliphatic hydroxyl groups is 1. The molecule has 0 aliphatic rings. The first-order valence-corrected chi connectivity index (χ1v) is 6.83. The summed E-state index contributed by atoms with van der Waals surface area (Å²) in [6.45, 7) is 3.75. The molecule has 1 unspecified atom stereocenters. The third-order valence-electron chi connectivity index (χ3n) is 3.05. The molecule has 1 aromatic carbocycles. The molecule has 0 fully saturated rings. The summed E-state index contributed by atoms with van der Waals surface area (Å²) in [4.78, 5) is 4.31. The average molecular weight is 324 g/mol. The number of hydrogen-bond donors (Lipinski definition) is 1. The summed E-state index contributed by atoms with van der Waals surface area (Å²) in [7, 11) is 0. The molecule has 0 bridgehead atoms. The lowest BCUT2D eigenvalue weighted by atomic mass is 10.00. The van der Waals surface area contributed by atoms with E-state index in [1.807, 2.05) is 26.0 Å². The van der Waals surface area contributed by atoms with Crippen LogP contribution in [0.1, 0.15) is 28.6 Å². The van der Waals surface area contributed by atoms with Crippen LogP contribution >= 0.6 is 15.9 Å². The predicted molar refractivity (Wildman–Crippen MR) is 76.5 cm³/mol. The summed E-state index contributed by atoms with van der Waals surface area (Å²) in [5.41, 5.74) is 2.91. The maximum atomic E-state index is 13.7. The second-order valence-electron chi connectivity index (χ2n) is 4.58. The van der Waals surface area contributed by atoms with Gasteiger partial charge in [-0.05, 0) is 43.7 Å². The maximum Gasteiger partial charge on any atom is 0.126 e. The van der Waals surface area contributed by atoms with Gasteiger partial charge in [0.25, 0.3) is 0 Å². The summed E-state index contributed by atoms with van der Waals surface area (Å²) >= 11 is 3.31. The van der Waals surface area contributed by atoms with Crippen molar-refractivity contribution in [3.05, 3.63) is 63.1 Å². The number of pyridine rings is 1. The van der Waals surface area contributed by atoms with Crippen LogP contribution < -0.4 is 0 Å². The molecular weight excluding hydrogens is 309 g/mol. The Morgan fingerprint density at radius 2 is 2.00 bits per heavy atom. The molecule has 0 amide bonds. The Morgan fingerprint density at radius 3 is 2.68 bits per heavy atom. The molecule has 0 saturated heterocycles. The second-order valence-corrected chi connectivity index (χ2v) is 5.50. The van der Waals surface area contributed by atoms with Crippen molar-refractivity contribution < 1.29 is 9.50 Å². The molecule has 0 aliphatic heterocycles. The molecule has 0 aliphatic carbocycles. The highest BCUT2D eigenvalue weighted by atomic mass is 79.9. The number of aromatic nitrogens is 1. The van der Waals surface area contributed by atoms with Gasteiger partial charge >= 0.3 is 0 Å². The molecule has 4 heteroatoms. The second kappa shape index (κ2) is 5.80. The third-order valence-corrected chi connectivity index (χ3v) is 3.54. The van der Waals surface area contributed by atoms with Crippen LogP contribution in [0.3, 0.4) is 0 Å². The Labute approximate surface area is 120 Å². The number of halogens is 2. The van der Waals surface area contributed by atoms with E-state index in [2.05, 4.69) is 20.9 Å². The van der Waals surface area contributed by atoms with Crippen LogP contribution in [0.2, 0.25) is 0 Å². The third kappa shape index (κ3) is 3.39. The van der Waals surface area contributed by atoms with Crippen molar-refractivity contribution in [3.8, 4) is 0 Å². The highest BCUT2D eigenvalue weighted by molar-refractivity contribution is 9.10. The van der Waals surface area contributed by atoms with Gasteiger partial charge in [0.2, 0.25) is 0 Å². The number of benzene rings is 1. The van der Waals surface area contributed by atoms with E-state index in [0.29, 0.717) is 5.56 Å². The minimum absolute atomic E-state index is 0.233. The van der Waals surface area contributed by atoms with Gasteiger partial charge in [-0.25, -0.2) is 4.39 Å². The van der Waals surface area contributed by atoms with Gasteiger partial charge in [-0.1, -0.05) is 22.0 Å². The van der Waals surface area contributed by atoms with Crippen LogP contribution in [0.5, 0.6) is 0 Å². The van der Waals surface area contributed by atoms with Gasteiger partial charge in [0.15, 0.2) is 0 Å². The molecule has 0 saturated carbocycles. The number of aliphatic hydroxyl groups excluding tert-OH is 1. The fourth-order valence-corrected chi connectivity index (χ4v) is 2.48. The van der Waals surface area contributed by atoms with Crippen molar-refractivity contribution in [2.75, 3.05) is 0 Å². The molecule has 2 nitrogen and oxygen atoms in total. The Kier molecular flexibility index (Phi) is 4.32. The zero-order valence-corrected chi connectivity index (χ0v) is 12.4. The normalized spacial score (nSPS) is 12.5. The number of nitrogens with zero attached hydrogens (tertiary/aromatic N) is 1. The first-order chi connectivity index (χ1) is 8.97. The van der Waals surface area contributed by atoms with Crippen molar-refractivity contribution in [3.63, 3.8) is 0 Å². The Hall–Kier alpha value is -1.26. The molecule has 19 heavy (non-hydrogen) atoms. The Bertz CT molecular complexity index is 601. The van der Waals surface area contributed by atoms with Crippen LogP contribution in [-0.4, -0.2) is 10.1 Å². The fraction of sp³-hybridized carbons (Fsp3) is 0.267. The largest absolute Gasteiger partial charge is 0.388 e. The number of aryl methyl sites for hydroxylation is 2. The molecule has 0 radical (unpaired) electrons. The van der Waals surface area contributed by atoms with Gasteiger partial charge in [0.05, 0.1) is 6.10 Å². The molecule has 1 heterocycles. The minimum Gasteiger partial charge on any atom is -0.388 e. The summed E-state index contributed by atoms with van der Waals surface area (Å²) in [6, 6.07) is 8.42. The lowest BCUT2D eigenvalue weighted by molar-refractivity contribution is 0.176. The number of rotatable bonds is 3. The lowest BCUT2D eigenvalue weighted by Crippen LogP contribution is -2.07. The fourth-order valence-electron chi connectivity index (χ4n) is 2.07.